The normalized spacial score (nSPS) is 21.2. The summed E-state index contributed by atoms with van der Waals surface area (Å²) in [5.41, 5.74) is 1.02. The Labute approximate surface area is 453 Å². The van der Waals surface area contributed by atoms with E-state index in [0.29, 0.717) is 44.1 Å². The van der Waals surface area contributed by atoms with Gasteiger partial charge < -0.3 is 66.6 Å². The molecule has 4 heterocycles. The van der Waals surface area contributed by atoms with Crippen molar-refractivity contribution in [2.45, 2.75) is 129 Å². The van der Waals surface area contributed by atoms with Gasteiger partial charge in [-0.3, -0.25) is 33.6 Å². The number of carbonyl (C=O) groups is 8. The maximum Gasteiger partial charge on any atom is 0.251 e. The van der Waals surface area contributed by atoms with Crippen LogP contribution in [-0.2, 0) is 28.8 Å². The number of benzene rings is 3. The minimum atomic E-state index is -0.972. The number of para-hydroxylation sites is 2. The first kappa shape index (κ1) is 61.0. The van der Waals surface area contributed by atoms with Crippen molar-refractivity contribution in [3.8, 4) is 11.5 Å². The molecule has 7 unspecified atom stereocenters. The van der Waals surface area contributed by atoms with E-state index in [1.165, 1.54) is 29.2 Å². The van der Waals surface area contributed by atoms with Crippen molar-refractivity contribution in [3.63, 3.8) is 0 Å². The fourth-order valence-electron chi connectivity index (χ4n) is 10.1. The lowest BCUT2D eigenvalue weighted by molar-refractivity contribution is -0.144. The molecule has 4 aliphatic rings. The smallest absolute Gasteiger partial charge is 0.251 e. The van der Waals surface area contributed by atoms with Gasteiger partial charge in [0, 0.05) is 60.3 Å². The second kappa shape index (κ2) is 27.9. The monoisotopic (exact) mass is 1070 g/mol. The van der Waals surface area contributed by atoms with E-state index < -0.39 is 64.8 Å². The van der Waals surface area contributed by atoms with Gasteiger partial charge >= 0.3 is 0 Å². The zero-order chi connectivity index (χ0) is 56.6. The largest absolute Gasteiger partial charge is 0.493 e. The van der Waals surface area contributed by atoms with Crippen molar-refractivity contribution in [1.29, 1.82) is 0 Å². The van der Waals surface area contributed by atoms with Crippen molar-refractivity contribution < 1.29 is 47.8 Å². The highest BCUT2D eigenvalue weighted by Gasteiger charge is 2.47. The molecule has 3 aromatic carbocycles. The van der Waals surface area contributed by atoms with Gasteiger partial charge in [0.1, 0.15) is 35.9 Å². The number of likely N-dealkylation sites (N-methyl/N-ethyl adjacent to an activating group) is 3. The first-order chi connectivity index (χ1) is 36.7. The van der Waals surface area contributed by atoms with E-state index >= 15 is 0 Å². The maximum atomic E-state index is 14.5. The van der Waals surface area contributed by atoms with Crippen LogP contribution in [0.25, 0.3) is 0 Å². The molecule has 7 amide bonds. The Morgan fingerprint density at radius 2 is 1.01 bits per heavy atom. The number of ether oxygens (including phenoxy) is 2. The molecule has 3 aromatic rings. The topological polar surface area (TPSA) is 258 Å². The first-order valence-electron chi connectivity index (χ1n) is 26.7. The summed E-state index contributed by atoms with van der Waals surface area (Å²) in [5.74, 6) is -1.30. The predicted molar refractivity (Wildman–Crippen MR) is 293 cm³/mol. The molecule has 8 N–H and O–H groups in total. The molecule has 0 bridgehead atoms. The summed E-state index contributed by atoms with van der Waals surface area (Å²) in [7, 11) is 5.08. The third kappa shape index (κ3) is 15.9. The summed E-state index contributed by atoms with van der Waals surface area (Å²) >= 11 is 0. The molecule has 0 aliphatic carbocycles. The van der Waals surface area contributed by atoms with Crippen molar-refractivity contribution in [2.24, 2.45) is 10.8 Å². The molecular formula is C57H82N10O10. The van der Waals surface area contributed by atoms with E-state index in [9.17, 15) is 38.4 Å². The van der Waals surface area contributed by atoms with Crippen molar-refractivity contribution >= 4 is 47.6 Å². The van der Waals surface area contributed by atoms with E-state index in [0.717, 1.165) is 17.4 Å². The summed E-state index contributed by atoms with van der Waals surface area (Å²) in [6.07, 6.45) is 2.22. The minimum absolute atomic E-state index is 0.00621. The molecule has 20 heteroatoms. The number of rotatable bonds is 16. The lowest BCUT2D eigenvalue weighted by Crippen LogP contribution is -2.58. The number of nitrogens with zero attached hydrogens (tertiary/aromatic N) is 2. The number of hydrogen-bond acceptors (Lipinski definition) is 13. The highest BCUT2D eigenvalue weighted by molar-refractivity contribution is 5.99. The lowest BCUT2D eigenvalue weighted by atomic mass is 9.85. The van der Waals surface area contributed by atoms with E-state index in [-0.39, 0.29) is 79.3 Å². The van der Waals surface area contributed by atoms with Crippen LogP contribution in [0.2, 0.25) is 0 Å². The van der Waals surface area contributed by atoms with Gasteiger partial charge in [0.15, 0.2) is 0 Å². The minimum Gasteiger partial charge on any atom is -0.493 e. The molecule has 0 radical (unpaired) electrons. The Kier molecular flexibility index (Phi) is 22.1. The molecule has 4 aliphatic heterocycles. The number of aldehydes is 1. The Morgan fingerprint density at radius 1 is 0.597 bits per heavy atom. The molecule has 0 spiro atoms. The molecular weight excluding hydrogens is 985 g/mol. The number of hydrogen-bond donors (Lipinski definition) is 8. The van der Waals surface area contributed by atoms with Crippen LogP contribution in [0.15, 0.2) is 72.8 Å². The van der Waals surface area contributed by atoms with Gasteiger partial charge in [-0.05, 0) is 81.2 Å². The predicted octanol–water partition coefficient (Wildman–Crippen LogP) is 3.18. The van der Waals surface area contributed by atoms with Crippen molar-refractivity contribution in [3.05, 3.63) is 95.1 Å². The highest BCUT2D eigenvalue weighted by Crippen LogP contribution is 2.35. The van der Waals surface area contributed by atoms with Crippen LogP contribution in [0.1, 0.15) is 125 Å². The van der Waals surface area contributed by atoms with E-state index in [1.807, 2.05) is 104 Å². The molecule has 2 fully saturated rings. The zero-order valence-corrected chi connectivity index (χ0v) is 46.7. The fourth-order valence-corrected chi connectivity index (χ4v) is 10.1. The van der Waals surface area contributed by atoms with Crippen LogP contribution in [-0.4, -0.2) is 154 Å². The molecule has 20 nitrogen and oxygen atoms in total. The van der Waals surface area contributed by atoms with Crippen LogP contribution in [0.5, 0.6) is 11.5 Å². The summed E-state index contributed by atoms with van der Waals surface area (Å²) in [6.45, 7) is 16.8. The average molecular weight is 1070 g/mol. The summed E-state index contributed by atoms with van der Waals surface area (Å²) in [5, 5.41) is 23.7. The Morgan fingerprint density at radius 3 is 1.38 bits per heavy atom. The van der Waals surface area contributed by atoms with Crippen molar-refractivity contribution in [2.75, 3.05) is 60.5 Å². The van der Waals surface area contributed by atoms with E-state index in [2.05, 4.69) is 42.5 Å². The Balaban J connectivity index is 0.00000148. The fraction of sp³-hybridized carbons (Fsp3) is 0.544. The van der Waals surface area contributed by atoms with Gasteiger partial charge in [-0.15, -0.1) is 0 Å². The van der Waals surface area contributed by atoms with Gasteiger partial charge in [0.25, 0.3) is 11.8 Å². The van der Waals surface area contributed by atoms with Crippen LogP contribution < -0.4 is 52.0 Å². The summed E-state index contributed by atoms with van der Waals surface area (Å²) in [6, 6.07) is 15.9. The second-order valence-electron chi connectivity index (χ2n) is 21.6. The number of fused-ring (bicyclic) bond motifs is 2. The highest BCUT2D eigenvalue weighted by atomic mass is 16.5. The standard InChI is InChI=1S/C52H69N9O9.C3H7NO.C2H6/c1-51(2,3)43(54-8)49(67)60-28-32(25-38(60)47(65)57-36-21-23-69-40-15-11-9-13-34(36)40)55-45(63)30-17-19-31(20-18-30)46(64)56-33-26-39(48(66)58-37-22-24-70-41-16-12-10-14-35(37)41)61(29-33)50(68)44(52(4,5)6)59-42(62)27-53-7;1-4-2-3-5;1-2/h9-20,32-33,36-39,43-44,53-54H,21-29H2,1-8H3,(H,55,63)(H,56,64)(H,57,65)(H,58,66)(H,59,62);3-4H,2H2,1H3;1-2H3/t32?,33?,36?,37?,38?,39-,43?,44?;;/m0../s1. The first-order valence-corrected chi connectivity index (χ1v) is 26.7. The third-order valence-corrected chi connectivity index (χ3v) is 13.8. The molecule has 77 heavy (non-hydrogen) atoms. The molecule has 0 aromatic heterocycles. The summed E-state index contributed by atoms with van der Waals surface area (Å²) in [4.78, 5) is 110. The molecule has 8 atom stereocenters. The molecule has 0 saturated carbocycles. The molecule has 420 valence electrons. The van der Waals surface area contributed by atoms with Gasteiger partial charge in [0.05, 0.1) is 44.4 Å². The number of amides is 7. The van der Waals surface area contributed by atoms with Gasteiger partial charge in [-0.25, -0.2) is 0 Å². The number of nitrogens with one attached hydrogen (secondary N) is 8. The van der Waals surface area contributed by atoms with Gasteiger partial charge in [0.2, 0.25) is 29.5 Å². The van der Waals surface area contributed by atoms with Crippen molar-refractivity contribution in [1.82, 2.24) is 52.3 Å². The average Bonchev–Trinajstić information content (AvgIpc) is 4.03. The molecule has 2 saturated heterocycles. The molecule has 7 rings (SSSR count). The lowest BCUT2D eigenvalue weighted by Gasteiger charge is -2.36. The van der Waals surface area contributed by atoms with Crippen LogP contribution in [0, 0.1) is 10.8 Å². The van der Waals surface area contributed by atoms with Gasteiger partial charge in [-0.1, -0.05) is 91.8 Å². The van der Waals surface area contributed by atoms with Crippen LogP contribution in [0.3, 0.4) is 0 Å². The SMILES string of the molecule is CC.CNCC(=O)NC(C(=O)N1CC(NC(=O)c2ccc(C(=O)NC3CC(C(=O)NC4CCOc5ccccc54)N(C(=O)C(NC)C(C)(C)C)C3)cc2)C[C@H]1C(=O)NC1CCOc2ccccc21)C(C)(C)C.CNCC=O. The zero-order valence-electron chi connectivity index (χ0n) is 46.7. The third-order valence-electron chi connectivity index (χ3n) is 13.8. The summed E-state index contributed by atoms with van der Waals surface area (Å²) < 4.78 is 11.6. The Bertz CT molecular complexity index is 2530. The second-order valence-corrected chi connectivity index (χ2v) is 21.6. The quantitative estimate of drug-likeness (QED) is 0.0961. The number of carbonyl (C=O) groups excluding carboxylic acids is 8. The maximum absolute atomic E-state index is 14.5. The Hall–Kier alpha value is -6.90. The van der Waals surface area contributed by atoms with Crippen LogP contribution >= 0.6 is 0 Å². The van der Waals surface area contributed by atoms with Crippen LogP contribution in [0.4, 0.5) is 0 Å². The van der Waals surface area contributed by atoms with E-state index in [1.54, 1.807) is 26.0 Å². The van der Waals surface area contributed by atoms with Gasteiger partial charge in [-0.2, -0.15) is 0 Å². The van der Waals surface area contributed by atoms with E-state index in [4.69, 9.17) is 9.47 Å². The number of likely N-dealkylation sites (tertiary alicyclic amines) is 2.